The van der Waals surface area contributed by atoms with Crippen LogP contribution in [0.15, 0.2) is 104 Å². The van der Waals surface area contributed by atoms with E-state index in [1.807, 2.05) is 66.5 Å². The van der Waals surface area contributed by atoms with Gasteiger partial charge < -0.3 is 4.90 Å². The van der Waals surface area contributed by atoms with Crippen molar-refractivity contribution >= 4 is 56.0 Å². The van der Waals surface area contributed by atoms with Crippen molar-refractivity contribution in [2.45, 2.75) is 16.3 Å². The lowest BCUT2D eigenvalue weighted by molar-refractivity contribution is -0.122. The van der Waals surface area contributed by atoms with Crippen molar-refractivity contribution in [2.75, 3.05) is 11.9 Å². The van der Waals surface area contributed by atoms with Gasteiger partial charge in [0.2, 0.25) is 10.0 Å². The molecular weight excluding hydrogens is 488 g/mol. The van der Waals surface area contributed by atoms with E-state index in [0.29, 0.717) is 22.3 Å². The molecule has 0 saturated carbocycles. The maximum absolute atomic E-state index is 13.6. The summed E-state index contributed by atoms with van der Waals surface area (Å²) in [4.78, 5) is 23.7. The summed E-state index contributed by atoms with van der Waals surface area (Å²) in [6.45, 7) is 0.374. The minimum absolute atomic E-state index is 0.0114. The van der Waals surface area contributed by atoms with Gasteiger partial charge in [0.1, 0.15) is 4.91 Å². The zero-order valence-corrected chi connectivity index (χ0v) is 20.5. The van der Waals surface area contributed by atoms with Crippen molar-refractivity contribution < 1.29 is 13.2 Å². The van der Waals surface area contributed by atoms with Gasteiger partial charge in [-0.2, -0.15) is 0 Å². The van der Waals surface area contributed by atoms with Gasteiger partial charge in [0.15, 0.2) is 5.17 Å². The highest BCUT2D eigenvalue weighted by Gasteiger charge is 2.39. The number of carbonyl (C=O) groups excluding carboxylic acids is 1. The lowest BCUT2D eigenvalue weighted by Gasteiger charge is -2.17. The van der Waals surface area contributed by atoms with Crippen molar-refractivity contribution in [3.8, 4) is 0 Å². The van der Waals surface area contributed by atoms with Gasteiger partial charge in [-0.05, 0) is 53.7 Å². The summed E-state index contributed by atoms with van der Waals surface area (Å²) in [6.07, 6.45) is 0. The largest absolute Gasteiger partial charge is 0.337 e. The summed E-state index contributed by atoms with van der Waals surface area (Å²) in [6, 6.07) is 23.7. The molecule has 0 bridgehead atoms. The molecule has 0 spiro atoms. The summed E-state index contributed by atoms with van der Waals surface area (Å²) in [5.74, 6) is -0.115. The molecule has 7 nitrogen and oxygen atoms in total. The number of hydrogen-bond donors (Lipinski definition) is 1. The van der Waals surface area contributed by atoms with Crippen LogP contribution in [-0.4, -0.2) is 31.4 Å². The Hall–Kier alpha value is -3.05. The van der Waals surface area contributed by atoms with Crippen LogP contribution < -0.4 is 10.0 Å². The maximum atomic E-state index is 13.6. The van der Waals surface area contributed by atoms with Crippen molar-refractivity contribution in [2.24, 2.45) is 10.1 Å². The molecule has 5 rings (SSSR count). The highest BCUT2D eigenvalue weighted by atomic mass is 32.2. The number of thioether (sulfide) groups is 2. The number of amidine groups is 1. The molecule has 34 heavy (non-hydrogen) atoms. The Kier molecular flexibility index (Phi) is 5.98. The second-order valence-corrected chi connectivity index (χ2v) is 11.2. The maximum Gasteiger partial charge on any atom is 0.269 e. The molecule has 172 valence electrons. The Morgan fingerprint density at radius 3 is 2.26 bits per heavy atom. The van der Waals surface area contributed by atoms with Gasteiger partial charge in [-0.1, -0.05) is 54.2 Å². The summed E-state index contributed by atoms with van der Waals surface area (Å²) in [5, 5.41) is 6.60. The SMILES string of the molecule is CN1C(=C2SC(=Nc3ccc(S(N)(=O)=O)cc3)N(Cc3ccccc3)C2=O)Sc2ccccc21. The van der Waals surface area contributed by atoms with E-state index < -0.39 is 10.0 Å². The van der Waals surface area contributed by atoms with Crippen LogP contribution in [0, 0.1) is 0 Å². The molecule has 1 fully saturated rings. The van der Waals surface area contributed by atoms with E-state index in [0.717, 1.165) is 21.2 Å². The fraction of sp³-hybridized carbons (Fsp3) is 0.0833. The molecule has 0 unspecified atom stereocenters. The predicted molar refractivity (Wildman–Crippen MR) is 137 cm³/mol. The zero-order valence-electron chi connectivity index (χ0n) is 18.1. The molecule has 0 atom stereocenters. The number of amides is 1. The first-order valence-electron chi connectivity index (χ1n) is 10.3. The van der Waals surface area contributed by atoms with Crippen LogP contribution in [0.4, 0.5) is 11.4 Å². The number of hydrogen-bond acceptors (Lipinski definition) is 7. The summed E-state index contributed by atoms with van der Waals surface area (Å²) in [7, 11) is -1.84. The average molecular weight is 509 g/mol. The average Bonchev–Trinajstić information content (AvgIpc) is 3.31. The minimum Gasteiger partial charge on any atom is -0.337 e. The lowest BCUT2D eigenvalue weighted by atomic mass is 10.2. The number of para-hydroxylation sites is 1. The molecule has 1 saturated heterocycles. The van der Waals surface area contributed by atoms with E-state index in [2.05, 4.69) is 0 Å². The number of nitrogens with two attached hydrogens (primary N) is 1. The lowest BCUT2D eigenvalue weighted by Crippen LogP contribution is -2.29. The third-order valence-electron chi connectivity index (χ3n) is 5.37. The van der Waals surface area contributed by atoms with Gasteiger partial charge in [-0.25, -0.2) is 18.5 Å². The van der Waals surface area contributed by atoms with Gasteiger partial charge in [0.05, 0.1) is 27.8 Å². The summed E-state index contributed by atoms with van der Waals surface area (Å²) in [5.41, 5.74) is 2.57. The van der Waals surface area contributed by atoms with E-state index in [4.69, 9.17) is 10.1 Å². The third-order valence-corrected chi connectivity index (χ3v) is 8.73. The molecule has 2 aliphatic rings. The van der Waals surface area contributed by atoms with E-state index in [-0.39, 0.29) is 10.8 Å². The molecule has 1 amide bonds. The van der Waals surface area contributed by atoms with E-state index in [1.165, 1.54) is 23.9 Å². The topological polar surface area (TPSA) is 96.1 Å². The molecule has 0 radical (unpaired) electrons. The molecule has 10 heteroatoms. The van der Waals surface area contributed by atoms with Gasteiger partial charge in [-0.15, -0.1) is 0 Å². The molecule has 0 aliphatic carbocycles. The van der Waals surface area contributed by atoms with E-state index in [1.54, 1.807) is 28.8 Å². The number of aliphatic imine (C=N–C) groups is 1. The van der Waals surface area contributed by atoms with Crippen LogP contribution in [0.2, 0.25) is 0 Å². The number of rotatable bonds is 4. The number of nitrogens with zero attached hydrogens (tertiary/aromatic N) is 3. The quantitative estimate of drug-likeness (QED) is 0.521. The second kappa shape index (κ2) is 8.95. The number of benzene rings is 3. The fourth-order valence-corrected chi connectivity index (χ4v) is 6.50. The first kappa shape index (κ1) is 22.7. The molecule has 3 aromatic carbocycles. The number of fused-ring (bicyclic) bond motifs is 1. The van der Waals surface area contributed by atoms with Crippen molar-refractivity contribution in [3.63, 3.8) is 0 Å². The van der Waals surface area contributed by atoms with Gasteiger partial charge in [0, 0.05) is 11.9 Å². The molecule has 2 heterocycles. The summed E-state index contributed by atoms with van der Waals surface area (Å²) < 4.78 is 23.1. The van der Waals surface area contributed by atoms with Crippen molar-refractivity contribution in [1.29, 1.82) is 0 Å². The van der Waals surface area contributed by atoms with Crippen LogP contribution in [0.3, 0.4) is 0 Å². The third kappa shape index (κ3) is 4.37. The van der Waals surface area contributed by atoms with E-state index >= 15 is 0 Å². The Balaban J connectivity index is 1.54. The Labute approximate surface area is 206 Å². The smallest absolute Gasteiger partial charge is 0.269 e. The number of primary sulfonamides is 1. The van der Waals surface area contributed by atoms with Gasteiger partial charge >= 0.3 is 0 Å². The van der Waals surface area contributed by atoms with Crippen LogP contribution in [0.5, 0.6) is 0 Å². The molecular formula is C24H20N4O3S3. The Morgan fingerprint density at radius 2 is 1.59 bits per heavy atom. The van der Waals surface area contributed by atoms with Gasteiger partial charge in [-0.3, -0.25) is 9.69 Å². The van der Waals surface area contributed by atoms with Crippen LogP contribution in [-0.2, 0) is 21.4 Å². The molecule has 2 N–H and O–H groups in total. The highest BCUT2D eigenvalue weighted by Crippen LogP contribution is 2.50. The first-order valence-corrected chi connectivity index (χ1v) is 13.5. The number of sulfonamides is 1. The normalized spacial score (nSPS) is 19.2. The minimum atomic E-state index is -3.79. The van der Waals surface area contributed by atoms with Crippen molar-refractivity contribution in [3.05, 3.63) is 94.4 Å². The Morgan fingerprint density at radius 1 is 0.912 bits per heavy atom. The fourth-order valence-electron chi connectivity index (χ4n) is 3.65. The first-order chi connectivity index (χ1) is 16.3. The zero-order chi connectivity index (χ0) is 23.9. The highest BCUT2D eigenvalue weighted by molar-refractivity contribution is 8.19. The second-order valence-electron chi connectivity index (χ2n) is 7.68. The monoisotopic (exact) mass is 508 g/mol. The molecule has 2 aliphatic heterocycles. The van der Waals surface area contributed by atoms with Crippen LogP contribution in [0.25, 0.3) is 0 Å². The van der Waals surface area contributed by atoms with E-state index in [9.17, 15) is 13.2 Å². The number of anilines is 1. The van der Waals surface area contributed by atoms with Crippen LogP contribution in [0.1, 0.15) is 5.56 Å². The Bertz CT molecular complexity index is 1440. The number of carbonyl (C=O) groups is 1. The standard InChI is InChI=1S/C24H20N4O3S3/c1-27-19-9-5-6-10-20(19)32-23(27)21-22(29)28(15-16-7-3-2-4-8-16)24(33-21)26-17-11-13-18(14-12-17)34(25,30)31/h2-14H,15H2,1H3,(H2,25,30,31). The predicted octanol–water partition coefficient (Wildman–Crippen LogP) is 4.51. The van der Waals surface area contributed by atoms with Gasteiger partial charge in [0.25, 0.3) is 5.91 Å². The van der Waals surface area contributed by atoms with Crippen molar-refractivity contribution in [1.82, 2.24) is 4.90 Å². The van der Waals surface area contributed by atoms with Crippen LogP contribution >= 0.6 is 23.5 Å². The molecule has 3 aromatic rings. The summed E-state index contributed by atoms with van der Waals surface area (Å²) >= 11 is 2.89. The molecule has 0 aromatic heterocycles.